The first-order valence-electron chi connectivity index (χ1n) is 8.65. The van der Waals surface area contributed by atoms with Crippen molar-refractivity contribution in [3.63, 3.8) is 0 Å². The van der Waals surface area contributed by atoms with E-state index in [1.54, 1.807) is 43.5 Å². The molecule has 0 bridgehead atoms. The second kappa shape index (κ2) is 7.89. The lowest BCUT2D eigenvalue weighted by atomic mass is 10.0. The fourth-order valence-corrected chi connectivity index (χ4v) is 3.69. The van der Waals surface area contributed by atoms with Crippen molar-refractivity contribution in [1.82, 2.24) is 9.88 Å². The van der Waals surface area contributed by atoms with Gasteiger partial charge < -0.3 is 10.1 Å². The number of hydrogen-bond acceptors (Lipinski definition) is 7. The van der Waals surface area contributed by atoms with Gasteiger partial charge in [-0.05, 0) is 18.1 Å². The molecular formula is C19H19N3O5S. The predicted molar refractivity (Wildman–Crippen MR) is 102 cm³/mol. The molecule has 1 aliphatic rings. The third-order valence-electron chi connectivity index (χ3n) is 4.17. The molecule has 2 aromatic rings. The molecule has 1 atom stereocenters. The van der Waals surface area contributed by atoms with Crippen molar-refractivity contribution in [2.24, 2.45) is 5.92 Å². The van der Waals surface area contributed by atoms with Crippen molar-refractivity contribution in [2.75, 3.05) is 5.32 Å². The minimum Gasteiger partial charge on any atom is -0.458 e. The Bertz CT molecular complexity index is 918. The molecule has 0 unspecified atom stereocenters. The highest BCUT2D eigenvalue weighted by Crippen LogP contribution is 2.28. The van der Waals surface area contributed by atoms with Crippen LogP contribution < -0.4 is 5.32 Å². The molecule has 0 spiro atoms. The fourth-order valence-electron chi connectivity index (χ4n) is 2.95. The molecule has 3 rings (SSSR count). The monoisotopic (exact) mass is 401 g/mol. The van der Waals surface area contributed by atoms with Crippen LogP contribution in [0, 0.1) is 5.92 Å². The van der Waals surface area contributed by atoms with Crippen LogP contribution in [0.4, 0.5) is 5.13 Å². The molecule has 0 saturated heterocycles. The van der Waals surface area contributed by atoms with E-state index in [4.69, 9.17) is 4.74 Å². The summed E-state index contributed by atoms with van der Waals surface area (Å²) in [5, 5.41) is 4.61. The Hall–Kier alpha value is -3.07. The van der Waals surface area contributed by atoms with Gasteiger partial charge in [-0.25, -0.2) is 9.78 Å². The van der Waals surface area contributed by atoms with Crippen LogP contribution in [0.1, 0.15) is 47.2 Å². The Kier molecular flexibility index (Phi) is 5.55. The number of nitrogens with zero attached hydrogens (tertiary/aromatic N) is 2. The van der Waals surface area contributed by atoms with Crippen molar-refractivity contribution in [1.29, 1.82) is 0 Å². The van der Waals surface area contributed by atoms with Crippen LogP contribution in [-0.4, -0.2) is 39.6 Å². The molecule has 1 aliphatic heterocycles. The number of thiazole rings is 1. The quantitative estimate of drug-likeness (QED) is 0.589. The molecule has 0 aliphatic carbocycles. The van der Waals surface area contributed by atoms with Crippen molar-refractivity contribution in [3.05, 3.63) is 46.5 Å². The molecule has 1 aromatic carbocycles. The number of hydrogen-bond donors (Lipinski definition) is 1. The SMILES string of the molecule is CC(=O)Nc1nc(COC(=O)[C@H](C(C)C)N2C(=O)c3ccccc3C2=O)cs1. The van der Waals surface area contributed by atoms with Crippen LogP contribution in [0.25, 0.3) is 0 Å². The van der Waals surface area contributed by atoms with Crippen molar-refractivity contribution < 1.29 is 23.9 Å². The minimum atomic E-state index is -1.04. The number of imide groups is 1. The summed E-state index contributed by atoms with van der Waals surface area (Å²) in [6.07, 6.45) is 0. The number of rotatable bonds is 6. The van der Waals surface area contributed by atoms with Crippen molar-refractivity contribution >= 4 is 40.2 Å². The van der Waals surface area contributed by atoms with Gasteiger partial charge >= 0.3 is 5.97 Å². The van der Waals surface area contributed by atoms with Gasteiger partial charge in [0.1, 0.15) is 12.6 Å². The summed E-state index contributed by atoms with van der Waals surface area (Å²) < 4.78 is 5.32. The lowest BCUT2D eigenvalue weighted by Gasteiger charge is -2.27. The average molecular weight is 401 g/mol. The van der Waals surface area contributed by atoms with E-state index in [2.05, 4.69) is 10.3 Å². The lowest BCUT2D eigenvalue weighted by molar-refractivity contribution is -0.151. The number of benzene rings is 1. The van der Waals surface area contributed by atoms with E-state index in [0.29, 0.717) is 10.8 Å². The molecule has 146 valence electrons. The largest absolute Gasteiger partial charge is 0.458 e. The van der Waals surface area contributed by atoms with Gasteiger partial charge in [-0.3, -0.25) is 19.3 Å². The van der Waals surface area contributed by atoms with E-state index < -0.39 is 23.8 Å². The average Bonchev–Trinajstić information content (AvgIpc) is 3.18. The zero-order valence-corrected chi connectivity index (χ0v) is 16.4. The number of esters is 1. The van der Waals surface area contributed by atoms with E-state index in [-0.39, 0.29) is 29.6 Å². The normalized spacial score (nSPS) is 14.2. The number of amides is 3. The van der Waals surface area contributed by atoms with Gasteiger partial charge in [0.15, 0.2) is 5.13 Å². The van der Waals surface area contributed by atoms with Gasteiger partial charge in [-0.1, -0.05) is 26.0 Å². The molecule has 0 saturated carbocycles. The fraction of sp³-hybridized carbons (Fsp3) is 0.316. The lowest BCUT2D eigenvalue weighted by Crippen LogP contribution is -2.48. The first-order valence-corrected chi connectivity index (χ1v) is 9.53. The zero-order chi connectivity index (χ0) is 20.4. The van der Waals surface area contributed by atoms with Gasteiger partial charge in [-0.2, -0.15) is 0 Å². The van der Waals surface area contributed by atoms with Crippen LogP contribution in [0.3, 0.4) is 0 Å². The molecular weight excluding hydrogens is 382 g/mol. The molecule has 2 heterocycles. The van der Waals surface area contributed by atoms with Gasteiger partial charge in [0.25, 0.3) is 11.8 Å². The molecule has 28 heavy (non-hydrogen) atoms. The number of carbonyl (C=O) groups excluding carboxylic acids is 4. The topological polar surface area (TPSA) is 106 Å². The Morgan fingerprint density at radius 3 is 2.32 bits per heavy atom. The number of nitrogens with one attached hydrogen (secondary N) is 1. The van der Waals surface area contributed by atoms with E-state index >= 15 is 0 Å². The zero-order valence-electron chi connectivity index (χ0n) is 15.6. The van der Waals surface area contributed by atoms with E-state index in [0.717, 1.165) is 4.90 Å². The highest BCUT2D eigenvalue weighted by atomic mass is 32.1. The number of fused-ring (bicyclic) bond motifs is 1. The number of anilines is 1. The minimum absolute atomic E-state index is 0.124. The second-order valence-electron chi connectivity index (χ2n) is 6.65. The van der Waals surface area contributed by atoms with Crippen molar-refractivity contribution in [2.45, 2.75) is 33.4 Å². The maximum Gasteiger partial charge on any atom is 0.330 e. The first kappa shape index (κ1) is 19.7. The Balaban J connectivity index is 1.73. The van der Waals surface area contributed by atoms with Crippen LogP contribution in [0.15, 0.2) is 29.6 Å². The van der Waals surface area contributed by atoms with Crippen LogP contribution in [0.5, 0.6) is 0 Å². The second-order valence-corrected chi connectivity index (χ2v) is 7.51. The summed E-state index contributed by atoms with van der Waals surface area (Å²) in [7, 11) is 0. The van der Waals surface area contributed by atoms with Gasteiger partial charge in [0.2, 0.25) is 5.91 Å². The van der Waals surface area contributed by atoms with Crippen LogP contribution in [0.2, 0.25) is 0 Å². The van der Waals surface area contributed by atoms with E-state index in [1.165, 1.54) is 18.3 Å². The summed E-state index contributed by atoms with van der Waals surface area (Å²) in [5.41, 5.74) is 1.03. The first-order chi connectivity index (χ1) is 13.3. The third-order valence-corrected chi connectivity index (χ3v) is 4.98. The summed E-state index contributed by atoms with van der Waals surface area (Å²) in [6, 6.07) is 5.44. The third kappa shape index (κ3) is 3.79. The van der Waals surface area contributed by atoms with Gasteiger partial charge in [-0.15, -0.1) is 11.3 Å². The number of ether oxygens (including phenoxy) is 1. The smallest absolute Gasteiger partial charge is 0.330 e. The molecule has 1 aromatic heterocycles. The Morgan fingerprint density at radius 1 is 1.18 bits per heavy atom. The molecule has 8 nitrogen and oxygen atoms in total. The summed E-state index contributed by atoms with van der Waals surface area (Å²) >= 11 is 1.21. The van der Waals surface area contributed by atoms with Crippen molar-refractivity contribution in [3.8, 4) is 0 Å². The van der Waals surface area contributed by atoms with Crippen LogP contribution >= 0.6 is 11.3 Å². The van der Waals surface area contributed by atoms with Crippen LogP contribution in [-0.2, 0) is 20.9 Å². The predicted octanol–water partition coefficient (Wildman–Crippen LogP) is 2.47. The maximum absolute atomic E-state index is 12.7. The Labute approximate surface area is 165 Å². The molecule has 9 heteroatoms. The molecule has 0 radical (unpaired) electrons. The van der Waals surface area contributed by atoms with E-state index in [9.17, 15) is 19.2 Å². The standard InChI is InChI=1S/C19H19N3O5S/c1-10(2)15(22-16(24)13-6-4-5-7-14(13)17(22)25)18(26)27-8-12-9-28-19(21-12)20-11(3)23/h4-7,9-10,15H,8H2,1-3H3,(H,20,21,23)/t15-/m0/s1. The Morgan fingerprint density at radius 2 is 1.79 bits per heavy atom. The van der Waals surface area contributed by atoms with E-state index in [1.807, 2.05) is 0 Å². The highest BCUT2D eigenvalue weighted by Gasteiger charge is 2.44. The highest BCUT2D eigenvalue weighted by molar-refractivity contribution is 7.13. The number of aromatic nitrogens is 1. The molecule has 0 fully saturated rings. The summed E-state index contributed by atoms with van der Waals surface area (Å²) in [5.74, 6) is -2.27. The molecule has 1 N–H and O–H groups in total. The summed E-state index contributed by atoms with van der Waals surface area (Å²) in [6.45, 7) is 4.73. The van der Waals surface area contributed by atoms with Gasteiger partial charge in [0, 0.05) is 12.3 Å². The van der Waals surface area contributed by atoms with Gasteiger partial charge in [0.05, 0.1) is 16.8 Å². The molecule has 3 amide bonds. The number of carbonyl (C=O) groups is 4. The summed E-state index contributed by atoms with van der Waals surface area (Å²) in [4.78, 5) is 54.3. The maximum atomic E-state index is 12.7.